The molecule has 3 aromatic carbocycles. The molecule has 1 saturated carbocycles. The number of ether oxygens (including phenoxy) is 2. The molecule has 43 heavy (non-hydrogen) atoms. The first kappa shape index (κ1) is 30.3. The van der Waals surface area contributed by atoms with Gasteiger partial charge in [0.2, 0.25) is 11.8 Å². The highest BCUT2D eigenvalue weighted by atomic mass is 32.2. The Morgan fingerprint density at radius 2 is 1.51 bits per heavy atom. The van der Waals surface area contributed by atoms with Crippen LogP contribution in [0.4, 0.5) is 14.5 Å². The molecule has 0 unspecified atom stereocenters. The van der Waals surface area contributed by atoms with Gasteiger partial charge in [0.1, 0.15) is 37.4 Å². The molecule has 228 valence electrons. The average molecular weight is 614 g/mol. The summed E-state index contributed by atoms with van der Waals surface area (Å²) in [6.45, 7) is 1.38. The molecular formula is C31H33F2N3O6S. The van der Waals surface area contributed by atoms with Gasteiger partial charge in [-0.1, -0.05) is 25.0 Å². The van der Waals surface area contributed by atoms with Crippen LogP contribution in [0, 0.1) is 11.6 Å². The van der Waals surface area contributed by atoms with Gasteiger partial charge in [0.15, 0.2) is 11.5 Å². The molecule has 1 heterocycles. The first-order valence-electron chi connectivity index (χ1n) is 14.1. The van der Waals surface area contributed by atoms with E-state index in [-0.39, 0.29) is 41.4 Å². The third-order valence-electron chi connectivity index (χ3n) is 7.63. The van der Waals surface area contributed by atoms with Gasteiger partial charge in [-0.25, -0.2) is 17.2 Å². The van der Waals surface area contributed by atoms with Crippen LogP contribution >= 0.6 is 0 Å². The number of carbonyl (C=O) groups is 2. The monoisotopic (exact) mass is 613 g/mol. The Labute approximate surface area is 249 Å². The van der Waals surface area contributed by atoms with Gasteiger partial charge in [-0.05, 0) is 73.9 Å². The number of nitrogens with zero attached hydrogens (tertiary/aromatic N) is 2. The molecule has 9 nitrogen and oxygen atoms in total. The smallest absolute Gasteiger partial charge is 0.264 e. The fraction of sp³-hybridized carbons (Fsp3) is 0.355. The van der Waals surface area contributed by atoms with Crippen molar-refractivity contribution in [3.63, 3.8) is 0 Å². The molecule has 0 radical (unpaired) electrons. The maximum atomic E-state index is 14.0. The normalized spacial score (nSPS) is 15.5. The van der Waals surface area contributed by atoms with Crippen molar-refractivity contribution in [3.8, 4) is 11.5 Å². The van der Waals surface area contributed by atoms with E-state index in [0.717, 1.165) is 42.1 Å². The summed E-state index contributed by atoms with van der Waals surface area (Å²) in [6.07, 6.45) is 3.69. The molecule has 0 aromatic heterocycles. The quantitative estimate of drug-likeness (QED) is 0.363. The van der Waals surface area contributed by atoms with Crippen LogP contribution in [-0.4, -0.2) is 57.0 Å². The third kappa shape index (κ3) is 7.07. The lowest BCUT2D eigenvalue weighted by Crippen LogP contribution is -2.52. The summed E-state index contributed by atoms with van der Waals surface area (Å²) in [6, 6.07) is 13.4. The van der Waals surface area contributed by atoms with E-state index in [0.29, 0.717) is 17.9 Å². The predicted octanol–water partition coefficient (Wildman–Crippen LogP) is 4.41. The molecule has 2 amide bonds. The van der Waals surface area contributed by atoms with Crippen LogP contribution in [0.5, 0.6) is 11.5 Å². The standard InChI is InChI=1S/C31H33F2N3O6S/c1-21(31(38)34-25-4-2-3-5-25)35(19-22-6-8-23(32)9-7-22)30(37)20-36(26-12-10-24(33)11-13-26)43(39,40)27-14-15-28-29(18-27)42-17-16-41-28/h6-15,18,21,25H,2-5,16-17,19-20H2,1H3,(H,34,38)/t21-/m1/s1. The second-order valence-electron chi connectivity index (χ2n) is 10.6. The maximum absolute atomic E-state index is 14.0. The molecule has 1 aliphatic heterocycles. The summed E-state index contributed by atoms with van der Waals surface area (Å²) >= 11 is 0. The van der Waals surface area contributed by atoms with Crippen molar-refractivity contribution in [1.29, 1.82) is 0 Å². The molecule has 0 spiro atoms. The minimum absolute atomic E-state index is 0.00372. The summed E-state index contributed by atoms with van der Waals surface area (Å²) < 4.78 is 67.5. The van der Waals surface area contributed by atoms with Crippen LogP contribution in [-0.2, 0) is 26.2 Å². The minimum atomic E-state index is -4.39. The van der Waals surface area contributed by atoms with Crippen LogP contribution in [0.1, 0.15) is 38.2 Å². The van der Waals surface area contributed by atoms with E-state index in [2.05, 4.69) is 5.32 Å². The lowest BCUT2D eigenvalue weighted by atomic mass is 10.1. The molecule has 1 atom stereocenters. The number of nitrogens with one attached hydrogen (secondary N) is 1. The summed E-state index contributed by atoms with van der Waals surface area (Å²) in [5, 5.41) is 2.99. The number of benzene rings is 3. The average Bonchev–Trinajstić information content (AvgIpc) is 3.52. The van der Waals surface area contributed by atoms with Crippen LogP contribution < -0.4 is 19.1 Å². The molecule has 0 bridgehead atoms. The fourth-order valence-electron chi connectivity index (χ4n) is 5.21. The van der Waals surface area contributed by atoms with Crippen molar-refractivity contribution in [2.75, 3.05) is 24.1 Å². The predicted molar refractivity (Wildman–Crippen MR) is 155 cm³/mol. The van der Waals surface area contributed by atoms with E-state index in [9.17, 15) is 26.8 Å². The Morgan fingerprint density at radius 1 is 0.907 bits per heavy atom. The van der Waals surface area contributed by atoms with Gasteiger partial charge in [0, 0.05) is 18.7 Å². The molecule has 3 aromatic rings. The molecule has 0 saturated heterocycles. The molecule has 1 fully saturated rings. The Bertz CT molecular complexity index is 1560. The SMILES string of the molecule is C[C@H](C(=O)NC1CCCC1)N(Cc1ccc(F)cc1)C(=O)CN(c1ccc(F)cc1)S(=O)(=O)c1ccc2c(c1)OCCO2. The summed E-state index contributed by atoms with van der Waals surface area (Å²) in [7, 11) is -4.39. The highest BCUT2D eigenvalue weighted by Crippen LogP contribution is 2.34. The molecule has 5 rings (SSSR count). The van der Waals surface area contributed by atoms with Crippen LogP contribution in [0.2, 0.25) is 0 Å². The minimum Gasteiger partial charge on any atom is -0.486 e. The fourth-order valence-corrected chi connectivity index (χ4v) is 6.64. The topological polar surface area (TPSA) is 105 Å². The van der Waals surface area contributed by atoms with Gasteiger partial charge in [-0.15, -0.1) is 0 Å². The third-order valence-corrected chi connectivity index (χ3v) is 9.40. The highest BCUT2D eigenvalue weighted by molar-refractivity contribution is 7.92. The van der Waals surface area contributed by atoms with E-state index >= 15 is 0 Å². The highest BCUT2D eigenvalue weighted by Gasteiger charge is 2.34. The number of rotatable bonds is 10. The molecular weight excluding hydrogens is 580 g/mol. The Balaban J connectivity index is 1.48. The summed E-state index contributed by atoms with van der Waals surface area (Å²) in [5.41, 5.74) is 0.604. The number of anilines is 1. The number of fused-ring (bicyclic) bond motifs is 1. The Morgan fingerprint density at radius 3 is 2.16 bits per heavy atom. The Hall–Kier alpha value is -4.19. The number of carbonyl (C=O) groups excluding carboxylic acids is 2. The molecule has 12 heteroatoms. The molecule has 1 N–H and O–H groups in total. The zero-order valence-corrected chi connectivity index (χ0v) is 24.5. The maximum Gasteiger partial charge on any atom is 0.264 e. The van der Waals surface area contributed by atoms with Crippen LogP contribution in [0.25, 0.3) is 0 Å². The zero-order chi connectivity index (χ0) is 30.6. The van der Waals surface area contributed by atoms with Crippen molar-refractivity contribution >= 4 is 27.5 Å². The van der Waals surface area contributed by atoms with E-state index in [4.69, 9.17) is 9.47 Å². The number of halogens is 2. The lowest BCUT2D eigenvalue weighted by Gasteiger charge is -2.32. The number of hydrogen-bond donors (Lipinski definition) is 1. The van der Waals surface area contributed by atoms with Crippen LogP contribution in [0.15, 0.2) is 71.6 Å². The van der Waals surface area contributed by atoms with Crippen molar-refractivity contribution in [2.45, 2.75) is 56.1 Å². The first-order chi connectivity index (χ1) is 20.6. The lowest BCUT2D eigenvalue weighted by molar-refractivity contribution is -0.139. The van der Waals surface area contributed by atoms with E-state index in [1.54, 1.807) is 6.92 Å². The van der Waals surface area contributed by atoms with Gasteiger partial charge in [0.25, 0.3) is 10.0 Å². The van der Waals surface area contributed by atoms with Crippen LogP contribution in [0.3, 0.4) is 0 Å². The van der Waals surface area contributed by atoms with E-state index in [1.165, 1.54) is 59.5 Å². The summed E-state index contributed by atoms with van der Waals surface area (Å²) in [4.78, 5) is 28.4. The van der Waals surface area contributed by atoms with Gasteiger partial charge in [-0.2, -0.15) is 0 Å². The molecule has 2 aliphatic rings. The Kier molecular flexibility index (Phi) is 9.14. The van der Waals surface area contributed by atoms with Crippen molar-refractivity contribution < 1.29 is 36.3 Å². The number of sulfonamides is 1. The van der Waals surface area contributed by atoms with Crippen molar-refractivity contribution in [2.24, 2.45) is 0 Å². The van der Waals surface area contributed by atoms with Crippen molar-refractivity contribution in [1.82, 2.24) is 10.2 Å². The van der Waals surface area contributed by atoms with E-state index < -0.39 is 40.2 Å². The number of hydrogen-bond acceptors (Lipinski definition) is 6. The number of amides is 2. The molecule has 1 aliphatic carbocycles. The summed E-state index contributed by atoms with van der Waals surface area (Å²) in [5.74, 6) is -1.45. The van der Waals surface area contributed by atoms with Gasteiger partial charge in [0.05, 0.1) is 10.6 Å². The van der Waals surface area contributed by atoms with Gasteiger partial charge < -0.3 is 19.7 Å². The second-order valence-corrected chi connectivity index (χ2v) is 12.5. The second kappa shape index (κ2) is 13.0. The first-order valence-corrected chi connectivity index (χ1v) is 15.6. The van der Waals surface area contributed by atoms with Gasteiger partial charge >= 0.3 is 0 Å². The zero-order valence-electron chi connectivity index (χ0n) is 23.7. The largest absolute Gasteiger partial charge is 0.486 e. The van der Waals surface area contributed by atoms with E-state index in [1.807, 2.05) is 0 Å². The van der Waals surface area contributed by atoms with Crippen molar-refractivity contribution in [3.05, 3.63) is 83.9 Å². The van der Waals surface area contributed by atoms with Gasteiger partial charge in [-0.3, -0.25) is 13.9 Å².